The van der Waals surface area contributed by atoms with Crippen LogP contribution in [0.5, 0.6) is 0 Å². The highest BCUT2D eigenvalue weighted by atomic mass is 32.2. The fourth-order valence-corrected chi connectivity index (χ4v) is 4.84. The van der Waals surface area contributed by atoms with Gasteiger partial charge in [0.15, 0.2) is 0 Å². The minimum atomic E-state index is -3.48. The summed E-state index contributed by atoms with van der Waals surface area (Å²) >= 11 is 0. The molecule has 1 aromatic carbocycles. The first-order chi connectivity index (χ1) is 13.1. The minimum Gasteiger partial charge on any atom is -0.379 e. The molecule has 0 unspecified atom stereocenters. The van der Waals surface area contributed by atoms with Crippen LogP contribution in [-0.2, 0) is 19.6 Å². The van der Waals surface area contributed by atoms with E-state index < -0.39 is 10.0 Å². The number of hydrogen-bond donors (Lipinski definition) is 0. The van der Waals surface area contributed by atoms with Gasteiger partial charge in [-0.1, -0.05) is 31.4 Å². The summed E-state index contributed by atoms with van der Waals surface area (Å²) < 4.78 is 31.9. The predicted molar refractivity (Wildman–Crippen MR) is 105 cm³/mol. The molecule has 2 fully saturated rings. The average Bonchev–Trinajstić information content (AvgIpc) is 2.67. The van der Waals surface area contributed by atoms with Crippen LogP contribution in [0.2, 0.25) is 0 Å². The number of carbonyl (C=O) groups excluding carboxylic acids is 1. The van der Waals surface area contributed by atoms with Crippen molar-refractivity contribution in [3.05, 3.63) is 35.9 Å². The van der Waals surface area contributed by atoms with Gasteiger partial charge in [-0.15, -0.1) is 0 Å². The van der Waals surface area contributed by atoms with Gasteiger partial charge in [0, 0.05) is 32.3 Å². The number of ether oxygens (including phenoxy) is 1. The molecule has 2 aliphatic heterocycles. The van der Waals surface area contributed by atoms with E-state index in [-0.39, 0.29) is 10.8 Å². The Bertz CT molecular complexity index is 745. The van der Waals surface area contributed by atoms with Crippen LogP contribution in [0.25, 0.3) is 6.08 Å². The van der Waals surface area contributed by atoms with E-state index in [9.17, 15) is 13.2 Å². The molecule has 2 aliphatic rings. The number of benzene rings is 1. The Morgan fingerprint density at radius 2 is 1.48 bits per heavy atom. The Balaban J connectivity index is 1.62. The number of hydrogen-bond acceptors (Lipinski definition) is 4. The molecule has 27 heavy (non-hydrogen) atoms. The number of amides is 1. The van der Waals surface area contributed by atoms with Gasteiger partial charge in [0.2, 0.25) is 15.9 Å². The molecule has 0 atom stereocenters. The van der Waals surface area contributed by atoms with Gasteiger partial charge in [-0.25, -0.2) is 8.42 Å². The first-order valence-corrected chi connectivity index (χ1v) is 11.2. The van der Waals surface area contributed by atoms with Crippen molar-refractivity contribution in [3.8, 4) is 0 Å². The van der Waals surface area contributed by atoms with Crippen LogP contribution in [0.15, 0.2) is 35.2 Å². The molecule has 3 rings (SSSR count). The average molecular weight is 393 g/mol. The number of morpholine rings is 1. The largest absolute Gasteiger partial charge is 0.379 e. The summed E-state index contributed by atoms with van der Waals surface area (Å²) in [6, 6.07) is 6.69. The van der Waals surface area contributed by atoms with E-state index in [1.807, 2.05) is 4.90 Å². The highest BCUT2D eigenvalue weighted by Crippen LogP contribution is 2.18. The second kappa shape index (κ2) is 9.48. The second-order valence-electron chi connectivity index (χ2n) is 7.01. The van der Waals surface area contributed by atoms with Crippen molar-refractivity contribution < 1.29 is 17.9 Å². The summed E-state index contributed by atoms with van der Waals surface area (Å²) in [7, 11) is -3.48. The van der Waals surface area contributed by atoms with Crippen molar-refractivity contribution >= 4 is 22.0 Å². The quantitative estimate of drug-likeness (QED) is 0.739. The maximum atomic E-state index is 12.6. The number of carbonyl (C=O) groups is 1. The molecule has 1 amide bonds. The van der Waals surface area contributed by atoms with Crippen LogP contribution in [0.3, 0.4) is 0 Å². The SMILES string of the molecule is O=C(/C=C/c1ccc(S(=O)(=O)N2CCOCC2)cc1)N1CCCCCCC1. The third-order valence-corrected chi connectivity index (χ3v) is 6.99. The molecule has 0 saturated carbocycles. The van der Waals surface area contributed by atoms with E-state index in [0.717, 1.165) is 31.5 Å². The fourth-order valence-electron chi connectivity index (χ4n) is 3.43. The monoisotopic (exact) mass is 392 g/mol. The number of sulfonamides is 1. The molecule has 0 radical (unpaired) electrons. The Labute approximate surface area is 161 Å². The summed E-state index contributed by atoms with van der Waals surface area (Å²) in [6.45, 7) is 3.26. The zero-order chi connectivity index (χ0) is 19.1. The molecule has 7 heteroatoms. The number of rotatable bonds is 4. The zero-order valence-electron chi connectivity index (χ0n) is 15.7. The van der Waals surface area contributed by atoms with Gasteiger partial charge in [-0.2, -0.15) is 4.31 Å². The maximum absolute atomic E-state index is 12.6. The normalized spacial score (nSPS) is 20.4. The highest BCUT2D eigenvalue weighted by Gasteiger charge is 2.25. The van der Waals surface area contributed by atoms with Crippen molar-refractivity contribution in [2.45, 2.75) is 37.0 Å². The van der Waals surface area contributed by atoms with Crippen LogP contribution in [-0.4, -0.2) is 62.9 Å². The van der Waals surface area contributed by atoms with Crippen molar-refractivity contribution in [3.63, 3.8) is 0 Å². The molecule has 0 spiro atoms. The molecular formula is C20H28N2O4S. The maximum Gasteiger partial charge on any atom is 0.246 e. The van der Waals surface area contributed by atoms with Gasteiger partial charge < -0.3 is 9.64 Å². The molecule has 0 N–H and O–H groups in total. The summed E-state index contributed by atoms with van der Waals surface area (Å²) in [5.41, 5.74) is 0.816. The molecule has 0 aliphatic carbocycles. The third kappa shape index (κ3) is 5.40. The Kier molecular flexibility index (Phi) is 7.04. The van der Waals surface area contributed by atoms with Crippen LogP contribution >= 0.6 is 0 Å². The molecule has 6 nitrogen and oxygen atoms in total. The van der Waals surface area contributed by atoms with Crippen LogP contribution in [0.4, 0.5) is 0 Å². The molecule has 0 bridgehead atoms. The van der Waals surface area contributed by atoms with Crippen molar-refractivity contribution in [2.24, 2.45) is 0 Å². The van der Waals surface area contributed by atoms with Crippen LogP contribution in [0.1, 0.15) is 37.7 Å². The zero-order valence-corrected chi connectivity index (χ0v) is 16.5. The lowest BCUT2D eigenvalue weighted by Gasteiger charge is -2.26. The molecule has 0 aromatic heterocycles. The van der Waals surface area contributed by atoms with E-state index in [0.29, 0.717) is 26.3 Å². The molecule has 148 valence electrons. The second-order valence-corrected chi connectivity index (χ2v) is 8.95. The van der Waals surface area contributed by atoms with Gasteiger partial charge in [-0.3, -0.25) is 4.79 Å². The van der Waals surface area contributed by atoms with E-state index in [1.165, 1.54) is 23.6 Å². The summed E-state index contributed by atoms with van der Waals surface area (Å²) in [5.74, 6) is 0.0296. The number of nitrogens with zero attached hydrogens (tertiary/aromatic N) is 2. The van der Waals surface area contributed by atoms with Crippen molar-refractivity contribution in [1.82, 2.24) is 9.21 Å². The Hall–Kier alpha value is -1.70. The fraction of sp³-hybridized carbons (Fsp3) is 0.550. The molecular weight excluding hydrogens is 364 g/mol. The first kappa shape index (κ1) is 20.0. The Morgan fingerprint density at radius 3 is 2.11 bits per heavy atom. The van der Waals surface area contributed by atoms with Gasteiger partial charge in [0.1, 0.15) is 0 Å². The molecule has 2 heterocycles. The molecule has 1 aromatic rings. The smallest absolute Gasteiger partial charge is 0.246 e. The van der Waals surface area contributed by atoms with Crippen molar-refractivity contribution in [1.29, 1.82) is 0 Å². The lowest BCUT2D eigenvalue weighted by atomic mass is 10.1. The van der Waals surface area contributed by atoms with Gasteiger partial charge in [0.25, 0.3) is 0 Å². The van der Waals surface area contributed by atoms with E-state index >= 15 is 0 Å². The van der Waals surface area contributed by atoms with Crippen molar-refractivity contribution in [2.75, 3.05) is 39.4 Å². The van der Waals surface area contributed by atoms with Gasteiger partial charge >= 0.3 is 0 Å². The summed E-state index contributed by atoms with van der Waals surface area (Å²) in [6.07, 6.45) is 9.11. The van der Waals surface area contributed by atoms with E-state index in [2.05, 4.69) is 0 Å². The number of likely N-dealkylation sites (tertiary alicyclic amines) is 1. The highest BCUT2D eigenvalue weighted by molar-refractivity contribution is 7.89. The predicted octanol–water partition coefficient (Wildman–Crippen LogP) is 2.51. The standard InChI is InChI=1S/C20H28N2O4S/c23-20(21-12-4-2-1-3-5-13-21)11-8-18-6-9-19(10-7-18)27(24,25)22-14-16-26-17-15-22/h6-11H,1-5,12-17H2/b11-8+. The lowest BCUT2D eigenvalue weighted by molar-refractivity contribution is -0.126. The van der Waals surface area contributed by atoms with Gasteiger partial charge in [-0.05, 0) is 36.6 Å². The molecule has 2 saturated heterocycles. The van der Waals surface area contributed by atoms with Gasteiger partial charge in [0.05, 0.1) is 18.1 Å². The van der Waals surface area contributed by atoms with Crippen LogP contribution < -0.4 is 0 Å². The lowest BCUT2D eigenvalue weighted by Crippen LogP contribution is -2.40. The summed E-state index contributed by atoms with van der Waals surface area (Å²) in [4.78, 5) is 14.6. The van der Waals surface area contributed by atoms with E-state index in [1.54, 1.807) is 36.4 Å². The third-order valence-electron chi connectivity index (χ3n) is 5.07. The summed E-state index contributed by atoms with van der Waals surface area (Å²) in [5, 5.41) is 0. The topological polar surface area (TPSA) is 66.9 Å². The first-order valence-electron chi connectivity index (χ1n) is 9.72. The van der Waals surface area contributed by atoms with Crippen LogP contribution in [0, 0.1) is 0 Å². The Morgan fingerprint density at radius 1 is 0.889 bits per heavy atom. The minimum absolute atomic E-state index is 0.0296. The van der Waals surface area contributed by atoms with E-state index in [4.69, 9.17) is 4.74 Å².